The number of aliphatic hydroxyl groups is 1. The van der Waals surface area contributed by atoms with Crippen LogP contribution in [0.5, 0.6) is 0 Å². The molecule has 3 nitrogen and oxygen atoms in total. The minimum absolute atomic E-state index is 0.153. The molecule has 0 aromatic heterocycles. The van der Waals surface area contributed by atoms with E-state index in [-0.39, 0.29) is 12.1 Å². The zero-order valence-electron chi connectivity index (χ0n) is 12.3. The van der Waals surface area contributed by atoms with Crippen LogP contribution in [0.2, 0.25) is 0 Å². The van der Waals surface area contributed by atoms with Gasteiger partial charge in [-0.05, 0) is 45.2 Å². The molecule has 0 saturated heterocycles. The van der Waals surface area contributed by atoms with E-state index in [4.69, 9.17) is 0 Å². The highest BCUT2D eigenvalue weighted by atomic mass is 16.3. The van der Waals surface area contributed by atoms with E-state index in [1.54, 1.807) is 0 Å². The van der Waals surface area contributed by atoms with Crippen molar-refractivity contribution in [1.29, 1.82) is 0 Å². The van der Waals surface area contributed by atoms with Gasteiger partial charge in [0.05, 0.1) is 6.61 Å². The molecule has 1 aromatic carbocycles. The molecule has 2 rings (SSSR count). The molecule has 0 radical (unpaired) electrons. The van der Waals surface area contributed by atoms with Crippen molar-refractivity contribution in [2.24, 2.45) is 0 Å². The molecule has 106 valence electrons. The van der Waals surface area contributed by atoms with E-state index < -0.39 is 0 Å². The minimum atomic E-state index is -0.153. The van der Waals surface area contributed by atoms with Gasteiger partial charge in [0.15, 0.2) is 0 Å². The molecule has 1 aromatic rings. The monoisotopic (exact) mass is 262 g/mol. The largest absolute Gasteiger partial charge is 0.394 e. The van der Waals surface area contributed by atoms with Crippen LogP contribution < -0.4 is 10.2 Å². The fourth-order valence-corrected chi connectivity index (χ4v) is 2.26. The van der Waals surface area contributed by atoms with Crippen molar-refractivity contribution in [3.8, 4) is 0 Å². The maximum Gasteiger partial charge on any atom is 0.0611 e. The summed E-state index contributed by atoms with van der Waals surface area (Å²) in [5.41, 5.74) is 2.37. The molecule has 1 saturated carbocycles. The lowest BCUT2D eigenvalue weighted by atomic mass is 9.98. The zero-order valence-corrected chi connectivity index (χ0v) is 12.3. The molecule has 0 heterocycles. The highest BCUT2D eigenvalue weighted by Crippen LogP contribution is 2.24. The lowest BCUT2D eigenvalue weighted by Gasteiger charge is -2.31. The minimum Gasteiger partial charge on any atom is -0.394 e. The highest BCUT2D eigenvalue weighted by Gasteiger charge is 2.31. The van der Waals surface area contributed by atoms with Gasteiger partial charge in [-0.15, -0.1) is 0 Å². The van der Waals surface area contributed by atoms with Gasteiger partial charge >= 0.3 is 0 Å². The molecule has 1 aliphatic carbocycles. The second-order valence-electron chi connectivity index (χ2n) is 6.14. The SMILES string of the molecule is Cc1ccc(N(C)CCC(C)(CO)NC2CC2)cc1. The fourth-order valence-electron chi connectivity index (χ4n) is 2.26. The van der Waals surface area contributed by atoms with Crippen LogP contribution in [0.4, 0.5) is 5.69 Å². The van der Waals surface area contributed by atoms with E-state index in [9.17, 15) is 5.11 Å². The maximum atomic E-state index is 9.60. The Morgan fingerprint density at radius 2 is 1.95 bits per heavy atom. The molecular weight excluding hydrogens is 236 g/mol. The van der Waals surface area contributed by atoms with E-state index >= 15 is 0 Å². The van der Waals surface area contributed by atoms with Gasteiger partial charge in [-0.3, -0.25) is 0 Å². The van der Waals surface area contributed by atoms with Gasteiger partial charge < -0.3 is 15.3 Å². The molecule has 0 spiro atoms. The zero-order chi connectivity index (χ0) is 13.9. The number of benzene rings is 1. The van der Waals surface area contributed by atoms with Crippen molar-refractivity contribution in [3.05, 3.63) is 29.8 Å². The van der Waals surface area contributed by atoms with Crippen molar-refractivity contribution in [2.75, 3.05) is 25.1 Å². The molecule has 1 fully saturated rings. The Morgan fingerprint density at radius 3 is 2.47 bits per heavy atom. The number of hydrogen-bond donors (Lipinski definition) is 2. The van der Waals surface area contributed by atoms with Gasteiger partial charge in [-0.2, -0.15) is 0 Å². The summed E-state index contributed by atoms with van der Waals surface area (Å²) in [5, 5.41) is 13.2. The average molecular weight is 262 g/mol. The van der Waals surface area contributed by atoms with Gasteiger partial charge in [0.25, 0.3) is 0 Å². The third-order valence-electron chi connectivity index (χ3n) is 3.95. The molecule has 19 heavy (non-hydrogen) atoms. The van der Waals surface area contributed by atoms with Crippen molar-refractivity contribution >= 4 is 5.69 Å². The highest BCUT2D eigenvalue weighted by molar-refractivity contribution is 5.46. The van der Waals surface area contributed by atoms with Crippen LogP contribution in [0.15, 0.2) is 24.3 Å². The topological polar surface area (TPSA) is 35.5 Å². The Morgan fingerprint density at radius 1 is 1.32 bits per heavy atom. The second-order valence-corrected chi connectivity index (χ2v) is 6.14. The number of hydrogen-bond acceptors (Lipinski definition) is 3. The predicted octanol–water partition coefficient (Wildman–Crippen LogP) is 2.32. The number of aryl methyl sites for hydroxylation is 1. The number of nitrogens with one attached hydrogen (secondary N) is 1. The third-order valence-corrected chi connectivity index (χ3v) is 3.95. The molecule has 0 amide bonds. The molecule has 2 N–H and O–H groups in total. The molecule has 1 unspecified atom stereocenters. The average Bonchev–Trinajstić information content (AvgIpc) is 3.21. The van der Waals surface area contributed by atoms with E-state index in [1.165, 1.54) is 24.1 Å². The third kappa shape index (κ3) is 4.22. The van der Waals surface area contributed by atoms with Crippen LogP contribution in [0, 0.1) is 6.92 Å². The normalized spacial score (nSPS) is 18.1. The Bertz CT molecular complexity index is 400. The van der Waals surface area contributed by atoms with Crippen LogP contribution in [0.1, 0.15) is 31.7 Å². The molecule has 3 heteroatoms. The van der Waals surface area contributed by atoms with Gasteiger partial charge in [0.2, 0.25) is 0 Å². The van der Waals surface area contributed by atoms with E-state index in [0.717, 1.165) is 13.0 Å². The van der Waals surface area contributed by atoms with E-state index in [0.29, 0.717) is 6.04 Å². The Hall–Kier alpha value is -1.06. The number of aliphatic hydroxyl groups excluding tert-OH is 1. The first kappa shape index (κ1) is 14.4. The smallest absolute Gasteiger partial charge is 0.0611 e. The van der Waals surface area contributed by atoms with Crippen LogP contribution in [0.25, 0.3) is 0 Å². The standard InChI is InChI=1S/C16H26N2O/c1-13-4-8-15(9-5-13)18(3)11-10-16(2,12-19)17-14-6-7-14/h4-5,8-9,14,17,19H,6-7,10-12H2,1-3H3. The summed E-state index contributed by atoms with van der Waals surface area (Å²) in [4.78, 5) is 2.25. The molecule has 0 aliphatic heterocycles. The van der Waals surface area contributed by atoms with E-state index in [2.05, 4.69) is 55.4 Å². The number of rotatable bonds is 7. The lowest BCUT2D eigenvalue weighted by molar-refractivity contribution is 0.165. The van der Waals surface area contributed by atoms with Crippen molar-refractivity contribution in [3.63, 3.8) is 0 Å². The first-order chi connectivity index (χ1) is 9.02. The van der Waals surface area contributed by atoms with E-state index in [1.807, 2.05) is 0 Å². The van der Waals surface area contributed by atoms with Gasteiger partial charge in [-0.1, -0.05) is 17.7 Å². The molecule has 1 aliphatic rings. The summed E-state index contributed by atoms with van der Waals surface area (Å²) in [5.74, 6) is 0. The number of nitrogens with zero attached hydrogens (tertiary/aromatic N) is 1. The molecule has 0 bridgehead atoms. The summed E-state index contributed by atoms with van der Waals surface area (Å²) >= 11 is 0. The second kappa shape index (κ2) is 5.93. The van der Waals surface area contributed by atoms with Crippen LogP contribution in [-0.4, -0.2) is 36.9 Å². The Labute approximate surface area is 116 Å². The van der Waals surface area contributed by atoms with Gasteiger partial charge in [-0.25, -0.2) is 0 Å². The van der Waals surface area contributed by atoms with Crippen molar-refractivity contribution in [1.82, 2.24) is 5.32 Å². The van der Waals surface area contributed by atoms with Crippen LogP contribution in [0.3, 0.4) is 0 Å². The molecule has 1 atom stereocenters. The van der Waals surface area contributed by atoms with Gasteiger partial charge in [0.1, 0.15) is 0 Å². The predicted molar refractivity (Wildman–Crippen MR) is 80.7 cm³/mol. The summed E-state index contributed by atoms with van der Waals surface area (Å²) in [6.07, 6.45) is 3.46. The lowest BCUT2D eigenvalue weighted by Crippen LogP contribution is -2.48. The van der Waals surface area contributed by atoms with Crippen LogP contribution in [-0.2, 0) is 0 Å². The quantitative estimate of drug-likeness (QED) is 0.791. The summed E-state index contributed by atoms with van der Waals surface area (Å²) in [6.45, 7) is 5.37. The summed E-state index contributed by atoms with van der Waals surface area (Å²) < 4.78 is 0. The summed E-state index contributed by atoms with van der Waals surface area (Å²) in [6, 6.07) is 9.21. The maximum absolute atomic E-state index is 9.60. The van der Waals surface area contributed by atoms with Gasteiger partial charge in [0, 0.05) is 30.9 Å². The Kier molecular flexibility index (Phi) is 4.48. The Balaban J connectivity index is 1.87. The first-order valence-electron chi connectivity index (χ1n) is 7.19. The molecular formula is C16H26N2O. The van der Waals surface area contributed by atoms with Crippen molar-refractivity contribution in [2.45, 2.75) is 44.7 Å². The fraction of sp³-hybridized carbons (Fsp3) is 0.625. The number of anilines is 1. The summed E-state index contributed by atoms with van der Waals surface area (Å²) in [7, 11) is 2.11. The first-order valence-corrected chi connectivity index (χ1v) is 7.19. The van der Waals surface area contributed by atoms with Crippen molar-refractivity contribution < 1.29 is 5.11 Å². The van der Waals surface area contributed by atoms with Crippen LogP contribution >= 0.6 is 0 Å².